The van der Waals surface area contributed by atoms with Crippen molar-refractivity contribution in [1.82, 2.24) is 0 Å². The summed E-state index contributed by atoms with van der Waals surface area (Å²) in [7, 11) is 0. The number of rotatable bonds is 6. The number of hydrogen-bond acceptors (Lipinski definition) is 8. The Bertz CT molecular complexity index is 1300. The first-order valence-corrected chi connectivity index (χ1v) is 11.8. The molecule has 1 saturated heterocycles. The number of aliphatic hydroxyl groups is 4. The maximum Gasteiger partial charge on any atom is 0.272 e. The third-order valence-electron chi connectivity index (χ3n) is 6.48. The Hall–Kier alpha value is -3.05. The fourth-order valence-electron chi connectivity index (χ4n) is 4.45. The predicted octanol–water partition coefficient (Wildman–Crippen LogP) is 2.29. The highest BCUT2D eigenvalue weighted by atomic mass is 79.9. The number of carbonyl (C=O) groups is 3. The van der Waals surface area contributed by atoms with Gasteiger partial charge in [-0.25, -0.2) is 0 Å². The molecule has 0 saturated carbocycles. The van der Waals surface area contributed by atoms with E-state index in [0.717, 1.165) is 6.92 Å². The van der Waals surface area contributed by atoms with Gasteiger partial charge in [0.05, 0.1) is 0 Å². The lowest BCUT2D eigenvalue weighted by atomic mass is 9.61. The van der Waals surface area contributed by atoms with Crippen LogP contribution in [0, 0.1) is 0 Å². The van der Waals surface area contributed by atoms with Gasteiger partial charge in [0.1, 0.15) is 6.10 Å². The number of halogens is 1. The average Bonchev–Trinajstić information content (AvgIpc) is 2.91. The van der Waals surface area contributed by atoms with Crippen molar-refractivity contribution < 1.29 is 39.5 Å². The Morgan fingerprint density at radius 1 is 0.639 bits per heavy atom. The van der Waals surface area contributed by atoms with E-state index < -0.39 is 45.0 Å². The second-order valence-electron chi connectivity index (χ2n) is 8.58. The second kappa shape index (κ2) is 9.11. The molecule has 0 aromatic heterocycles. The smallest absolute Gasteiger partial charge is 0.272 e. The van der Waals surface area contributed by atoms with Gasteiger partial charge in [-0.3, -0.25) is 14.4 Å². The molecule has 3 aromatic rings. The van der Waals surface area contributed by atoms with Crippen molar-refractivity contribution in [2.45, 2.75) is 34.5 Å². The van der Waals surface area contributed by atoms with E-state index in [1.807, 2.05) is 0 Å². The molecule has 9 heteroatoms. The zero-order chi connectivity index (χ0) is 26.4. The Morgan fingerprint density at radius 3 is 1.36 bits per heavy atom. The lowest BCUT2D eigenvalue weighted by Gasteiger charge is -2.59. The van der Waals surface area contributed by atoms with Gasteiger partial charge >= 0.3 is 0 Å². The van der Waals surface area contributed by atoms with E-state index in [4.69, 9.17) is 4.74 Å². The standard InChI is InChI=1S/C27H23BrO8/c1-17-26(28,34)24(32,21(29)18-11-5-2-6-12-18)25(33,22(30)19-13-7-3-8-14-19)27(35,36-17)23(31)20-15-9-4-10-16-20/h2-17,32-35H,1H3/t17-,24-,25+,26+,27-/m1/s1. The first-order valence-electron chi connectivity index (χ1n) is 11.0. The number of benzene rings is 3. The minimum Gasteiger partial charge on any atom is -0.375 e. The predicted molar refractivity (Wildman–Crippen MR) is 132 cm³/mol. The minimum atomic E-state index is -3.73. The van der Waals surface area contributed by atoms with Crippen molar-refractivity contribution >= 4 is 33.3 Å². The summed E-state index contributed by atoms with van der Waals surface area (Å²) < 4.78 is 2.63. The third-order valence-corrected chi connectivity index (χ3v) is 7.70. The van der Waals surface area contributed by atoms with Crippen LogP contribution in [0.3, 0.4) is 0 Å². The molecular formula is C27H23BrO8. The van der Waals surface area contributed by atoms with E-state index in [1.165, 1.54) is 72.8 Å². The molecular weight excluding hydrogens is 532 g/mol. The largest absolute Gasteiger partial charge is 0.375 e. The molecule has 0 aliphatic carbocycles. The highest BCUT2D eigenvalue weighted by Crippen LogP contribution is 2.54. The maximum atomic E-state index is 13.9. The van der Waals surface area contributed by atoms with E-state index in [1.54, 1.807) is 18.2 Å². The van der Waals surface area contributed by atoms with Crippen LogP contribution in [0.2, 0.25) is 0 Å². The van der Waals surface area contributed by atoms with Crippen LogP contribution in [0.5, 0.6) is 0 Å². The molecule has 1 heterocycles. The lowest BCUT2D eigenvalue weighted by molar-refractivity contribution is -0.363. The molecule has 0 unspecified atom stereocenters. The van der Waals surface area contributed by atoms with Crippen molar-refractivity contribution in [3.8, 4) is 0 Å². The zero-order valence-electron chi connectivity index (χ0n) is 19.0. The molecule has 0 radical (unpaired) electrons. The first kappa shape index (κ1) is 26.0. The van der Waals surface area contributed by atoms with E-state index in [2.05, 4.69) is 15.9 Å². The van der Waals surface area contributed by atoms with Gasteiger partial charge in [0.15, 0.2) is 4.51 Å². The highest BCUT2D eigenvalue weighted by Gasteiger charge is 2.83. The quantitative estimate of drug-likeness (QED) is 0.268. The van der Waals surface area contributed by atoms with Crippen LogP contribution in [0.4, 0.5) is 0 Å². The maximum absolute atomic E-state index is 13.9. The molecule has 1 aliphatic rings. The molecule has 8 nitrogen and oxygen atoms in total. The van der Waals surface area contributed by atoms with Crippen LogP contribution in [0.15, 0.2) is 91.0 Å². The van der Waals surface area contributed by atoms with Crippen molar-refractivity contribution in [2.24, 2.45) is 0 Å². The van der Waals surface area contributed by atoms with Gasteiger partial charge in [-0.1, -0.05) is 91.0 Å². The van der Waals surface area contributed by atoms with Crippen molar-refractivity contribution in [2.75, 3.05) is 0 Å². The Morgan fingerprint density at radius 2 is 0.972 bits per heavy atom. The number of ether oxygens (including phenoxy) is 1. The number of ketones is 3. The van der Waals surface area contributed by atoms with E-state index in [-0.39, 0.29) is 16.7 Å². The molecule has 0 spiro atoms. The Balaban J connectivity index is 2.07. The van der Waals surface area contributed by atoms with Crippen LogP contribution >= 0.6 is 15.9 Å². The molecule has 3 aromatic carbocycles. The number of carbonyl (C=O) groups excluding carboxylic acids is 3. The minimum absolute atomic E-state index is 0.180. The van der Waals surface area contributed by atoms with Gasteiger partial charge in [-0.2, -0.15) is 0 Å². The summed E-state index contributed by atoms with van der Waals surface area (Å²) in [4.78, 5) is 41.5. The SMILES string of the molecule is C[C@H]1O[C@](O)(C(=O)c2ccccc2)[C@](O)(C(=O)c2ccccc2)[C@](O)(C(=O)c2ccccc2)[C@]1(O)Br. The van der Waals surface area contributed by atoms with Gasteiger partial charge in [-0.05, 0) is 22.9 Å². The van der Waals surface area contributed by atoms with Crippen LogP contribution in [-0.2, 0) is 4.74 Å². The van der Waals surface area contributed by atoms with Gasteiger partial charge < -0.3 is 25.2 Å². The molecule has 5 atom stereocenters. The number of hydrogen-bond donors (Lipinski definition) is 4. The zero-order valence-corrected chi connectivity index (χ0v) is 20.6. The summed E-state index contributed by atoms with van der Waals surface area (Å²) in [5, 5.41) is 47.4. The van der Waals surface area contributed by atoms with Crippen LogP contribution in [-0.4, -0.2) is 65.4 Å². The molecule has 1 aliphatic heterocycles. The molecule has 1 fully saturated rings. The molecule has 0 amide bonds. The average molecular weight is 555 g/mol. The van der Waals surface area contributed by atoms with Crippen molar-refractivity contribution in [3.05, 3.63) is 108 Å². The summed E-state index contributed by atoms with van der Waals surface area (Å²) in [5.74, 6) is -7.56. The first-order chi connectivity index (χ1) is 16.9. The molecule has 186 valence electrons. The molecule has 0 bridgehead atoms. The van der Waals surface area contributed by atoms with Gasteiger partial charge in [0, 0.05) is 16.7 Å². The molecule has 4 N–H and O–H groups in total. The number of alkyl halides is 1. The summed E-state index contributed by atoms with van der Waals surface area (Å²) in [6.07, 6.45) is -1.68. The summed E-state index contributed by atoms with van der Waals surface area (Å²) in [6, 6.07) is 21.2. The summed E-state index contributed by atoms with van der Waals surface area (Å²) in [5.41, 5.74) is -7.90. The second-order valence-corrected chi connectivity index (χ2v) is 9.79. The molecule has 4 rings (SSSR count). The van der Waals surface area contributed by atoms with Crippen molar-refractivity contribution in [3.63, 3.8) is 0 Å². The number of Topliss-reactive ketones (excluding diaryl/α,β-unsaturated/α-hetero) is 3. The van der Waals surface area contributed by atoms with E-state index >= 15 is 0 Å². The fourth-order valence-corrected chi connectivity index (χ4v) is 5.01. The highest BCUT2D eigenvalue weighted by molar-refractivity contribution is 9.10. The van der Waals surface area contributed by atoms with Crippen LogP contribution < -0.4 is 0 Å². The van der Waals surface area contributed by atoms with E-state index in [9.17, 15) is 34.8 Å². The lowest BCUT2D eigenvalue weighted by Crippen LogP contribution is -2.87. The van der Waals surface area contributed by atoms with E-state index in [0.29, 0.717) is 0 Å². The van der Waals surface area contributed by atoms with Gasteiger partial charge in [0.25, 0.3) is 5.79 Å². The topological polar surface area (TPSA) is 141 Å². The van der Waals surface area contributed by atoms with Crippen LogP contribution in [0.25, 0.3) is 0 Å². The fraction of sp³-hybridized carbons (Fsp3) is 0.222. The van der Waals surface area contributed by atoms with Gasteiger partial charge in [0.2, 0.25) is 28.6 Å². The summed E-state index contributed by atoms with van der Waals surface area (Å²) in [6.45, 7) is 1.16. The van der Waals surface area contributed by atoms with Crippen LogP contribution in [0.1, 0.15) is 38.0 Å². The monoisotopic (exact) mass is 554 g/mol. The third kappa shape index (κ3) is 3.51. The Labute approximate surface area is 214 Å². The summed E-state index contributed by atoms with van der Waals surface area (Å²) >= 11 is 2.88. The molecule has 36 heavy (non-hydrogen) atoms. The normalized spacial score (nSPS) is 32.0. The Kier molecular flexibility index (Phi) is 6.59. The van der Waals surface area contributed by atoms with Gasteiger partial charge in [-0.15, -0.1) is 0 Å². The van der Waals surface area contributed by atoms with Crippen molar-refractivity contribution in [1.29, 1.82) is 0 Å².